The van der Waals surface area contributed by atoms with Gasteiger partial charge in [-0.05, 0) is 62.5 Å². The highest BCUT2D eigenvalue weighted by atomic mass is 16.2. The normalized spacial score (nSPS) is 15.6. The topological polar surface area (TPSA) is 36.4 Å². The van der Waals surface area contributed by atoms with E-state index in [1.54, 1.807) is 0 Å². The van der Waals surface area contributed by atoms with E-state index in [2.05, 4.69) is 41.9 Å². The van der Waals surface area contributed by atoms with Crippen molar-refractivity contribution < 1.29 is 4.79 Å². The minimum Gasteiger partial charge on any atom is -0.332 e. The maximum atomic E-state index is 13.2. The van der Waals surface area contributed by atoms with Gasteiger partial charge in [0.05, 0.1) is 12.2 Å². The Hall–Kier alpha value is -2.20. The zero-order chi connectivity index (χ0) is 19.1. The zero-order valence-electron chi connectivity index (χ0n) is 16.6. The van der Waals surface area contributed by atoms with Gasteiger partial charge in [0.15, 0.2) is 0 Å². The van der Waals surface area contributed by atoms with Gasteiger partial charge in [-0.2, -0.15) is 0 Å². The third-order valence-electron chi connectivity index (χ3n) is 5.65. The Morgan fingerprint density at radius 3 is 2.52 bits per heavy atom. The molecular formula is C23H31N3O. The van der Waals surface area contributed by atoms with E-state index in [-0.39, 0.29) is 5.91 Å². The molecule has 1 aromatic heterocycles. The predicted octanol–water partition coefficient (Wildman–Crippen LogP) is 4.04. The number of aryl methyl sites for hydroxylation is 1. The second kappa shape index (κ2) is 9.65. The van der Waals surface area contributed by atoms with Gasteiger partial charge >= 0.3 is 0 Å². The minimum atomic E-state index is 0.249. The summed E-state index contributed by atoms with van der Waals surface area (Å²) in [7, 11) is 0. The SMILES string of the molecule is CCN1CCC(CC(=O)N(Cc2ccccc2)Cc2ncccc2C)CC1. The van der Waals surface area contributed by atoms with E-state index < -0.39 is 0 Å². The minimum absolute atomic E-state index is 0.249. The molecule has 4 heteroatoms. The van der Waals surface area contributed by atoms with Crippen molar-refractivity contribution >= 4 is 5.91 Å². The quantitative estimate of drug-likeness (QED) is 0.743. The van der Waals surface area contributed by atoms with Gasteiger partial charge in [-0.3, -0.25) is 9.78 Å². The summed E-state index contributed by atoms with van der Waals surface area (Å²) in [6, 6.07) is 14.3. The molecule has 1 fully saturated rings. The van der Waals surface area contributed by atoms with Crippen LogP contribution in [0.2, 0.25) is 0 Å². The molecule has 1 aliphatic heterocycles. The number of rotatable bonds is 7. The van der Waals surface area contributed by atoms with E-state index in [0.717, 1.165) is 43.7 Å². The standard InChI is InChI=1S/C23H31N3O/c1-3-25-14-11-20(12-15-25)16-23(27)26(17-21-9-5-4-6-10-21)18-22-19(2)8-7-13-24-22/h4-10,13,20H,3,11-12,14-18H2,1-2H3. The highest BCUT2D eigenvalue weighted by molar-refractivity contribution is 5.76. The summed E-state index contributed by atoms with van der Waals surface area (Å²) in [5.74, 6) is 0.752. The maximum absolute atomic E-state index is 13.2. The Morgan fingerprint density at radius 2 is 1.85 bits per heavy atom. The van der Waals surface area contributed by atoms with Crippen LogP contribution in [0.1, 0.15) is 43.0 Å². The second-order valence-corrected chi connectivity index (χ2v) is 7.58. The van der Waals surface area contributed by atoms with Gasteiger partial charge in [0, 0.05) is 19.2 Å². The Labute approximate surface area is 163 Å². The van der Waals surface area contributed by atoms with Gasteiger partial charge in [0.2, 0.25) is 5.91 Å². The lowest BCUT2D eigenvalue weighted by Crippen LogP contribution is -2.37. The smallest absolute Gasteiger partial charge is 0.223 e. The second-order valence-electron chi connectivity index (χ2n) is 7.58. The lowest BCUT2D eigenvalue weighted by molar-refractivity contribution is -0.133. The number of piperidine rings is 1. The zero-order valence-corrected chi connectivity index (χ0v) is 16.6. The van der Waals surface area contributed by atoms with Gasteiger partial charge in [-0.25, -0.2) is 0 Å². The third-order valence-corrected chi connectivity index (χ3v) is 5.65. The highest BCUT2D eigenvalue weighted by Crippen LogP contribution is 2.22. The van der Waals surface area contributed by atoms with Crippen molar-refractivity contribution in [2.45, 2.75) is 46.2 Å². The average Bonchev–Trinajstić information content (AvgIpc) is 2.70. The van der Waals surface area contributed by atoms with Gasteiger partial charge in [0.25, 0.3) is 0 Å². The van der Waals surface area contributed by atoms with Crippen LogP contribution in [0.25, 0.3) is 0 Å². The van der Waals surface area contributed by atoms with Gasteiger partial charge in [0.1, 0.15) is 0 Å². The van der Waals surface area contributed by atoms with Crippen molar-refractivity contribution in [3.8, 4) is 0 Å². The lowest BCUT2D eigenvalue weighted by atomic mass is 9.93. The van der Waals surface area contributed by atoms with Crippen LogP contribution in [0.4, 0.5) is 0 Å². The van der Waals surface area contributed by atoms with E-state index in [1.165, 1.54) is 5.56 Å². The number of hydrogen-bond acceptors (Lipinski definition) is 3. The van der Waals surface area contributed by atoms with E-state index in [1.807, 2.05) is 35.4 Å². The fraction of sp³-hybridized carbons (Fsp3) is 0.478. The summed E-state index contributed by atoms with van der Waals surface area (Å²) in [5, 5.41) is 0. The predicted molar refractivity (Wildman–Crippen MR) is 109 cm³/mol. The number of carbonyl (C=O) groups excluding carboxylic acids is 1. The first-order valence-corrected chi connectivity index (χ1v) is 10.1. The van der Waals surface area contributed by atoms with Crippen molar-refractivity contribution in [2.75, 3.05) is 19.6 Å². The molecule has 0 radical (unpaired) electrons. The lowest BCUT2D eigenvalue weighted by Gasteiger charge is -2.32. The molecule has 0 aliphatic carbocycles. The summed E-state index contributed by atoms with van der Waals surface area (Å²) in [6.45, 7) is 8.84. The van der Waals surface area contributed by atoms with Crippen LogP contribution in [0.5, 0.6) is 0 Å². The third kappa shape index (κ3) is 5.64. The van der Waals surface area contributed by atoms with Crippen molar-refractivity contribution in [1.82, 2.24) is 14.8 Å². The van der Waals surface area contributed by atoms with Crippen molar-refractivity contribution in [1.29, 1.82) is 0 Å². The maximum Gasteiger partial charge on any atom is 0.223 e. The molecule has 1 aliphatic rings. The molecule has 0 saturated carbocycles. The molecule has 2 heterocycles. The monoisotopic (exact) mass is 365 g/mol. The number of likely N-dealkylation sites (tertiary alicyclic amines) is 1. The summed E-state index contributed by atoms with van der Waals surface area (Å²) in [6.07, 6.45) is 4.72. The van der Waals surface area contributed by atoms with Crippen molar-refractivity contribution in [2.24, 2.45) is 5.92 Å². The molecule has 0 spiro atoms. The van der Waals surface area contributed by atoms with E-state index in [4.69, 9.17) is 0 Å². The fourth-order valence-corrected chi connectivity index (χ4v) is 3.78. The first-order chi connectivity index (χ1) is 13.2. The highest BCUT2D eigenvalue weighted by Gasteiger charge is 2.24. The Kier molecular flexibility index (Phi) is 6.99. The molecule has 1 aromatic carbocycles. The van der Waals surface area contributed by atoms with E-state index >= 15 is 0 Å². The molecule has 0 N–H and O–H groups in total. The Morgan fingerprint density at radius 1 is 1.11 bits per heavy atom. The van der Waals surface area contributed by atoms with Crippen LogP contribution < -0.4 is 0 Å². The number of pyridine rings is 1. The van der Waals surface area contributed by atoms with Gasteiger partial charge in [-0.1, -0.05) is 43.3 Å². The number of nitrogens with zero attached hydrogens (tertiary/aromatic N) is 3. The van der Waals surface area contributed by atoms with Gasteiger partial charge in [-0.15, -0.1) is 0 Å². The molecule has 0 bridgehead atoms. The van der Waals surface area contributed by atoms with Gasteiger partial charge < -0.3 is 9.80 Å². The molecule has 1 amide bonds. The average molecular weight is 366 g/mol. The summed E-state index contributed by atoms with van der Waals surface area (Å²) >= 11 is 0. The molecule has 0 atom stereocenters. The molecule has 0 unspecified atom stereocenters. The molecule has 3 rings (SSSR count). The van der Waals surface area contributed by atoms with Crippen LogP contribution in [-0.4, -0.2) is 40.3 Å². The largest absolute Gasteiger partial charge is 0.332 e. The summed E-state index contributed by atoms with van der Waals surface area (Å²) in [5.41, 5.74) is 3.29. The Balaban J connectivity index is 1.68. The molecule has 27 heavy (non-hydrogen) atoms. The molecular weight excluding hydrogens is 334 g/mol. The van der Waals surface area contributed by atoms with Crippen LogP contribution in [0.15, 0.2) is 48.7 Å². The van der Waals surface area contributed by atoms with Crippen LogP contribution in [-0.2, 0) is 17.9 Å². The van der Waals surface area contributed by atoms with E-state index in [0.29, 0.717) is 25.4 Å². The number of amides is 1. The van der Waals surface area contributed by atoms with E-state index in [9.17, 15) is 4.79 Å². The van der Waals surface area contributed by atoms with Crippen LogP contribution >= 0.6 is 0 Å². The number of benzene rings is 1. The number of hydrogen-bond donors (Lipinski definition) is 0. The van der Waals surface area contributed by atoms with Crippen molar-refractivity contribution in [3.05, 3.63) is 65.5 Å². The number of aromatic nitrogens is 1. The molecule has 4 nitrogen and oxygen atoms in total. The Bertz CT molecular complexity index is 723. The van der Waals surface area contributed by atoms with Crippen molar-refractivity contribution in [3.63, 3.8) is 0 Å². The van der Waals surface area contributed by atoms with Crippen LogP contribution in [0.3, 0.4) is 0 Å². The number of carbonyl (C=O) groups is 1. The first-order valence-electron chi connectivity index (χ1n) is 10.1. The summed E-state index contributed by atoms with van der Waals surface area (Å²) < 4.78 is 0. The summed E-state index contributed by atoms with van der Waals surface area (Å²) in [4.78, 5) is 22.1. The van der Waals surface area contributed by atoms with Crippen LogP contribution in [0, 0.1) is 12.8 Å². The fourth-order valence-electron chi connectivity index (χ4n) is 3.78. The molecule has 1 saturated heterocycles. The molecule has 144 valence electrons. The first kappa shape index (κ1) is 19.6. The molecule has 2 aromatic rings.